The zero-order valence-corrected chi connectivity index (χ0v) is 16.0. The highest BCUT2D eigenvalue weighted by Crippen LogP contribution is 2.31. The van der Waals surface area contributed by atoms with E-state index in [2.05, 4.69) is 10.6 Å². The second kappa shape index (κ2) is 8.32. The summed E-state index contributed by atoms with van der Waals surface area (Å²) in [6.45, 7) is 5.66. The van der Waals surface area contributed by atoms with Crippen LogP contribution < -0.4 is 20.1 Å². The highest BCUT2D eigenvalue weighted by atomic mass is 35.5. The molecule has 0 fully saturated rings. The Morgan fingerprint density at radius 2 is 1.68 bits per heavy atom. The number of hydrogen-bond donors (Lipinski definition) is 2. The van der Waals surface area contributed by atoms with Crippen LogP contribution in [0.1, 0.15) is 16.7 Å². The van der Waals surface area contributed by atoms with Gasteiger partial charge < -0.3 is 20.1 Å². The Bertz CT molecular complexity index is 771. The van der Waals surface area contributed by atoms with Gasteiger partial charge in [0.1, 0.15) is 11.5 Å². The minimum Gasteiger partial charge on any atom is -0.495 e. The molecule has 2 aromatic carbocycles. The number of rotatable bonds is 5. The van der Waals surface area contributed by atoms with Crippen molar-refractivity contribution < 1.29 is 14.3 Å². The zero-order valence-electron chi connectivity index (χ0n) is 14.5. The predicted octanol–water partition coefficient (Wildman–Crippen LogP) is 5.09. The third-order valence-corrected chi connectivity index (χ3v) is 4.61. The van der Waals surface area contributed by atoms with Crippen LogP contribution in [0.2, 0.25) is 10.0 Å². The van der Waals surface area contributed by atoms with Crippen LogP contribution in [0.3, 0.4) is 0 Å². The molecular weight excluding hydrogens is 363 g/mol. The summed E-state index contributed by atoms with van der Waals surface area (Å²) in [5, 5.41) is 6.62. The lowest BCUT2D eigenvalue weighted by Crippen LogP contribution is -2.32. The van der Waals surface area contributed by atoms with Gasteiger partial charge in [-0.1, -0.05) is 23.2 Å². The Balaban J connectivity index is 1.94. The number of halogens is 2. The SMILES string of the molecule is COc1cc(Cl)c(C)cc1NC(=O)NCOc1cc(C)c(Cl)c(C)c1. The van der Waals surface area contributed by atoms with Crippen LogP contribution >= 0.6 is 23.2 Å². The maximum atomic E-state index is 12.0. The quantitative estimate of drug-likeness (QED) is 0.708. The van der Waals surface area contributed by atoms with Crippen LogP contribution in [0.5, 0.6) is 11.5 Å². The van der Waals surface area contributed by atoms with Crippen molar-refractivity contribution in [1.29, 1.82) is 0 Å². The van der Waals surface area contributed by atoms with Gasteiger partial charge in [-0.2, -0.15) is 0 Å². The number of aryl methyl sites for hydroxylation is 3. The molecule has 7 heteroatoms. The molecule has 0 heterocycles. The third kappa shape index (κ3) is 4.94. The van der Waals surface area contributed by atoms with Gasteiger partial charge in [0.05, 0.1) is 12.8 Å². The summed E-state index contributed by atoms with van der Waals surface area (Å²) in [5.74, 6) is 1.12. The Hall–Kier alpha value is -2.11. The fraction of sp³-hybridized carbons (Fsp3) is 0.278. The molecule has 0 radical (unpaired) electrons. The maximum absolute atomic E-state index is 12.0. The summed E-state index contributed by atoms with van der Waals surface area (Å²) in [7, 11) is 1.51. The van der Waals surface area contributed by atoms with Crippen LogP contribution in [-0.2, 0) is 0 Å². The van der Waals surface area contributed by atoms with Crippen molar-refractivity contribution in [2.45, 2.75) is 20.8 Å². The van der Waals surface area contributed by atoms with Gasteiger partial charge in [0.15, 0.2) is 6.73 Å². The molecule has 2 aromatic rings. The molecule has 0 aliphatic carbocycles. The molecule has 2 amide bonds. The summed E-state index contributed by atoms with van der Waals surface area (Å²) >= 11 is 12.2. The Morgan fingerprint density at radius 3 is 2.28 bits per heavy atom. The van der Waals surface area contributed by atoms with E-state index in [4.69, 9.17) is 32.7 Å². The molecule has 0 aliphatic rings. The highest BCUT2D eigenvalue weighted by molar-refractivity contribution is 6.32. The van der Waals surface area contributed by atoms with Crippen molar-refractivity contribution in [2.75, 3.05) is 19.2 Å². The van der Waals surface area contributed by atoms with Crippen LogP contribution in [0.25, 0.3) is 0 Å². The average Bonchev–Trinajstić information content (AvgIpc) is 2.55. The average molecular weight is 383 g/mol. The van der Waals surface area contributed by atoms with Crippen LogP contribution in [0, 0.1) is 20.8 Å². The van der Waals surface area contributed by atoms with E-state index < -0.39 is 6.03 Å². The fourth-order valence-electron chi connectivity index (χ4n) is 2.27. The third-order valence-electron chi connectivity index (χ3n) is 3.61. The monoisotopic (exact) mass is 382 g/mol. The molecule has 0 aromatic heterocycles. The first kappa shape index (κ1) is 19.2. The number of ether oxygens (including phenoxy) is 2. The number of carbonyl (C=O) groups excluding carboxylic acids is 1. The number of anilines is 1. The summed E-state index contributed by atoms with van der Waals surface area (Å²) in [6.07, 6.45) is 0. The van der Waals surface area contributed by atoms with Crippen LogP contribution in [0.4, 0.5) is 10.5 Å². The van der Waals surface area contributed by atoms with Crippen molar-refractivity contribution in [3.63, 3.8) is 0 Å². The lowest BCUT2D eigenvalue weighted by molar-refractivity contribution is 0.234. The molecule has 25 heavy (non-hydrogen) atoms. The molecule has 5 nitrogen and oxygen atoms in total. The van der Waals surface area contributed by atoms with E-state index in [0.29, 0.717) is 27.2 Å². The van der Waals surface area contributed by atoms with E-state index in [1.807, 2.05) is 32.9 Å². The number of amides is 2. The lowest BCUT2D eigenvalue weighted by Gasteiger charge is -2.14. The van der Waals surface area contributed by atoms with E-state index >= 15 is 0 Å². The molecule has 2 N–H and O–H groups in total. The zero-order chi connectivity index (χ0) is 18.6. The van der Waals surface area contributed by atoms with Crippen LogP contribution in [0.15, 0.2) is 24.3 Å². The Morgan fingerprint density at radius 1 is 1.04 bits per heavy atom. The maximum Gasteiger partial charge on any atom is 0.321 e. The highest BCUT2D eigenvalue weighted by Gasteiger charge is 2.10. The minimum atomic E-state index is -0.414. The van der Waals surface area contributed by atoms with Gasteiger partial charge >= 0.3 is 6.03 Å². The van der Waals surface area contributed by atoms with Crippen LogP contribution in [-0.4, -0.2) is 19.9 Å². The largest absolute Gasteiger partial charge is 0.495 e. The molecule has 0 saturated heterocycles. The molecule has 0 aliphatic heterocycles. The second-order valence-electron chi connectivity index (χ2n) is 5.59. The standard InChI is InChI=1S/C18H20Cl2N2O3/c1-10-7-15(16(24-4)8-14(10)19)22-18(23)21-9-25-13-5-11(2)17(20)12(3)6-13/h5-8H,9H2,1-4H3,(H2,21,22,23). The van der Waals surface area contributed by atoms with Crippen molar-refractivity contribution in [1.82, 2.24) is 5.32 Å². The molecule has 0 atom stereocenters. The number of carbonyl (C=O) groups is 1. The van der Waals surface area contributed by atoms with Crippen molar-refractivity contribution in [3.8, 4) is 11.5 Å². The summed E-state index contributed by atoms with van der Waals surface area (Å²) in [4.78, 5) is 12.0. The molecular formula is C18H20Cl2N2O3. The molecule has 2 rings (SSSR count). The summed E-state index contributed by atoms with van der Waals surface area (Å²) in [6, 6.07) is 6.62. The summed E-state index contributed by atoms with van der Waals surface area (Å²) < 4.78 is 10.8. The van der Waals surface area contributed by atoms with E-state index in [0.717, 1.165) is 16.7 Å². The van der Waals surface area contributed by atoms with Gasteiger partial charge in [-0.05, 0) is 55.7 Å². The van der Waals surface area contributed by atoms with Gasteiger partial charge in [-0.15, -0.1) is 0 Å². The second-order valence-corrected chi connectivity index (χ2v) is 6.38. The van der Waals surface area contributed by atoms with Gasteiger partial charge in [-0.25, -0.2) is 4.79 Å². The fourth-order valence-corrected chi connectivity index (χ4v) is 2.53. The summed E-state index contributed by atoms with van der Waals surface area (Å²) in [5.41, 5.74) is 3.20. The molecule has 0 unspecified atom stereocenters. The topological polar surface area (TPSA) is 59.6 Å². The molecule has 0 saturated carbocycles. The molecule has 134 valence electrons. The van der Waals surface area contributed by atoms with E-state index in [1.54, 1.807) is 12.1 Å². The van der Waals surface area contributed by atoms with E-state index in [-0.39, 0.29) is 6.73 Å². The lowest BCUT2D eigenvalue weighted by atomic mass is 10.1. The first-order valence-corrected chi connectivity index (χ1v) is 8.36. The molecule has 0 bridgehead atoms. The van der Waals surface area contributed by atoms with E-state index in [9.17, 15) is 4.79 Å². The number of urea groups is 1. The van der Waals surface area contributed by atoms with Gasteiger partial charge in [0.2, 0.25) is 0 Å². The molecule has 0 spiro atoms. The van der Waals surface area contributed by atoms with Gasteiger partial charge in [0, 0.05) is 16.1 Å². The Kier molecular flexibility index (Phi) is 6.39. The van der Waals surface area contributed by atoms with Crippen molar-refractivity contribution in [2.24, 2.45) is 0 Å². The van der Waals surface area contributed by atoms with Gasteiger partial charge in [0.25, 0.3) is 0 Å². The number of methoxy groups -OCH3 is 1. The smallest absolute Gasteiger partial charge is 0.321 e. The van der Waals surface area contributed by atoms with Crippen molar-refractivity contribution >= 4 is 34.9 Å². The Labute approximate surface area is 157 Å². The predicted molar refractivity (Wildman–Crippen MR) is 101 cm³/mol. The first-order chi connectivity index (χ1) is 11.8. The number of benzene rings is 2. The number of hydrogen-bond acceptors (Lipinski definition) is 3. The van der Waals surface area contributed by atoms with Crippen molar-refractivity contribution in [3.05, 3.63) is 51.0 Å². The first-order valence-electron chi connectivity index (χ1n) is 7.60. The minimum absolute atomic E-state index is 0.0151. The number of nitrogens with one attached hydrogen (secondary N) is 2. The van der Waals surface area contributed by atoms with Gasteiger partial charge in [-0.3, -0.25) is 0 Å². The normalized spacial score (nSPS) is 10.3. The van der Waals surface area contributed by atoms with E-state index in [1.165, 1.54) is 7.11 Å².